The fourth-order valence-electron chi connectivity index (χ4n) is 3.71. The summed E-state index contributed by atoms with van der Waals surface area (Å²) in [5.41, 5.74) is 1.90. The van der Waals surface area contributed by atoms with Crippen molar-refractivity contribution < 1.29 is 23.1 Å². The maximum atomic E-state index is 13.3. The second kappa shape index (κ2) is 9.06. The third-order valence-electron chi connectivity index (χ3n) is 5.40. The molecule has 3 aromatic rings. The minimum Gasteiger partial charge on any atom is -0.389 e. The number of hydrogen-bond donors (Lipinski definition) is 2. The molecule has 1 atom stereocenters. The predicted molar refractivity (Wildman–Crippen MR) is 127 cm³/mol. The maximum Gasteiger partial charge on any atom is 0.256 e. The summed E-state index contributed by atoms with van der Waals surface area (Å²) in [5.74, 6) is -0.943. The Hall–Kier alpha value is -3.05. The van der Waals surface area contributed by atoms with Gasteiger partial charge in [-0.05, 0) is 35.9 Å². The Bertz CT molecular complexity index is 1290. The molecule has 0 radical (unpaired) electrons. The standard InChI is InChI=1S/C23H23N3O5S2/c1-25(2)17-10-8-16(9-11-17)23(29)24-21-12-20-19(32-21)13-26(33(20,30)31)22(18(28)14-27)15-6-4-3-5-7-15/h3-12,22,27H,13-14H2,1-2H3,(H,24,29). The Morgan fingerprint density at radius 3 is 2.36 bits per heavy atom. The molecule has 0 spiro atoms. The quantitative estimate of drug-likeness (QED) is 0.533. The van der Waals surface area contributed by atoms with Crippen molar-refractivity contribution in [2.24, 2.45) is 0 Å². The zero-order chi connectivity index (χ0) is 23.8. The molecule has 1 unspecified atom stereocenters. The van der Waals surface area contributed by atoms with Gasteiger partial charge in [-0.1, -0.05) is 30.3 Å². The zero-order valence-corrected chi connectivity index (χ0v) is 19.7. The Kier molecular flexibility index (Phi) is 6.35. The van der Waals surface area contributed by atoms with E-state index in [2.05, 4.69) is 5.32 Å². The van der Waals surface area contributed by atoms with Crippen molar-refractivity contribution >= 4 is 43.7 Å². The molecule has 0 aliphatic carbocycles. The van der Waals surface area contributed by atoms with E-state index < -0.39 is 28.5 Å². The first kappa shape index (κ1) is 23.1. The number of hydrogen-bond acceptors (Lipinski definition) is 7. The number of benzene rings is 2. The van der Waals surface area contributed by atoms with Crippen LogP contribution in [0.25, 0.3) is 0 Å². The highest BCUT2D eigenvalue weighted by molar-refractivity contribution is 7.89. The molecule has 33 heavy (non-hydrogen) atoms. The van der Waals surface area contributed by atoms with E-state index in [0.29, 0.717) is 21.0 Å². The summed E-state index contributed by atoms with van der Waals surface area (Å²) in [7, 11) is -0.178. The van der Waals surface area contributed by atoms with Crippen molar-refractivity contribution in [1.29, 1.82) is 0 Å². The number of ketones is 1. The van der Waals surface area contributed by atoms with Crippen LogP contribution in [0.3, 0.4) is 0 Å². The van der Waals surface area contributed by atoms with Gasteiger partial charge >= 0.3 is 0 Å². The third-order valence-corrected chi connectivity index (χ3v) is 8.44. The summed E-state index contributed by atoms with van der Waals surface area (Å²) >= 11 is 1.16. The van der Waals surface area contributed by atoms with Crippen LogP contribution in [-0.4, -0.2) is 50.2 Å². The van der Waals surface area contributed by atoms with Crippen molar-refractivity contribution in [2.45, 2.75) is 17.5 Å². The van der Waals surface area contributed by atoms with Crippen LogP contribution in [0.4, 0.5) is 10.7 Å². The molecule has 1 aliphatic heterocycles. The molecule has 2 heterocycles. The summed E-state index contributed by atoms with van der Waals surface area (Å²) < 4.78 is 27.6. The lowest BCUT2D eigenvalue weighted by Crippen LogP contribution is -2.36. The number of anilines is 2. The highest BCUT2D eigenvalue weighted by atomic mass is 32.2. The molecule has 0 saturated heterocycles. The average Bonchev–Trinajstić information content (AvgIpc) is 3.31. The molecule has 172 valence electrons. The monoisotopic (exact) mass is 485 g/mol. The number of thiophene rings is 1. The van der Waals surface area contributed by atoms with Gasteiger partial charge in [-0.25, -0.2) is 8.42 Å². The molecule has 0 fully saturated rings. The average molecular weight is 486 g/mol. The first-order chi connectivity index (χ1) is 15.7. The Labute approximate surface area is 196 Å². The number of rotatable bonds is 7. The summed E-state index contributed by atoms with van der Waals surface area (Å²) in [4.78, 5) is 27.6. The van der Waals surface area contributed by atoms with Crippen LogP contribution < -0.4 is 10.2 Å². The van der Waals surface area contributed by atoms with Crippen LogP contribution in [0.1, 0.15) is 26.8 Å². The van der Waals surface area contributed by atoms with Crippen LogP contribution in [-0.2, 0) is 21.4 Å². The van der Waals surface area contributed by atoms with Crippen molar-refractivity contribution in [3.63, 3.8) is 0 Å². The molecular formula is C23H23N3O5S2. The van der Waals surface area contributed by atoms with E-state index in [9.17, 15) is 23.1 Å². The fraction of sp³-hybridized carbons (Fsp3) is 0.217. The number of nitrogens with one attached hydrogen (secondary N) is 1. The van der Waals surface area contributed by atoms with Gasteiger partial charge in [-0.15, -0.1) is 11.3 Å². The van der Waals surface area contributed by atoms with Crippen LogP contribution in [0.5, 0.6) is 0 Å². The minimum absolute atomic E-state index is 0.0129. The van der Waals surface area contributed by atoms with E-state index in [1.54, 1.807) is 42.5 Å². The molecule has 2 N–H and O–H groups in total. The zero-order valence-electron chi connectivity index (χ0n) is 18.1. The number of aliphatic hydroxyl groups is 1. The van der Waals surface area contributed by atoms with Crippen LogP contribution in [0.15, 0.2) is 65.6 Å². The maximum absolute atomic E-state index is 13.3. The van der Waals surface area contributed by atoms with E-state index in [1.165, 1.54) is 6.07 Å². The number of amides is 1. The molecule has 1 aromatic heterocycles. The summed E-state index contributed by atoms with van der Waals surface area (Å²) in [6.45, 7) is -0.784. The third kappa shape index (κ3) is 4.42. The smallest absolute Gasteiger partial charge is 0.256 e. The predicted octanol–water partition coefficient (Wildman–Crippen LogP) is 2.87. The number of Topliss-reactive ketones (excluding diaryl/α,β-unsaturated/α-hetero) is 1. The topological polar surface area (TPSA) is 107 Å². The van der Waals surface area contributed by atoms with Crippen molar-refractivity contribution in [1.82, 2.24) is 4.31 Å². The van der Waals surface area contributed by atoms with Crippen molar-refractivity contribution in [3.8, 4) is 0 Å². The number of aliphatic hydroxyl groups excluding tert-OH is 1. The minimum atomic E-state index is -3.99. The number of nitrogens with zero attached hydrogens (tertiary/aromatic N) is 2. The van der Waals surface area contributed by atoms with E-state index in [-0.39, 0.29) is 17.3 Å². The first-order valence-corrected chi connectivity index (χ1v) is 12.4. The summed E-state index contributed by atoms with van der Waals surface area (Å²) in [5, 5.41) is 12.6. The van der Waals surface area contributed by atoms with Gasteiger partial charge < -0.3 is 15.3 Å². The lowest BCUT2D eigenvalue weighted by Gasteiger charge is -2.25. The normalized spacial score (nSPS) is 15.6. The van der Waals surface area contributed by atoms with Crippen molar-refractivity contribution in [3.05, 3.63) is 76.7 Å². The highest BCUT2D eigenvalue weighted by Crippen LogP contribution is 2.43. The summed E-state index contributed by atoms with van der Waals surface area (Å²) in [6.07, 6.45) is 0. The van der Waals surface area contributed by atoms with Gasteiger partial charge in [0.05, 0.1) is 16.4 Å². The number of sulfonamides is 1. The van der Waals surface area contributed by atoms with Crippen LogP contribution in [0, 0.1) is 0 Å². The van der Waals surface area contributed by atoms with E-state index >= 15 is 0 Å². The molecular weight excluding hydrogens is 462 g/mol. The number of carbonyl (C=O) groups is 2. The fourth-order valence-corrected chi connectivity index (χ4v) is 6.95. The number of carbonyl (C=O) groups excluding carboxylic acids is 2. The molecule has 0 bridgehead atoms. The van der Waals surface area contributed by atoms with E-state index in [0.717, 1.165) is 21.3 Å². The van der Waals surface area contributed by atoms with Gasteiger partial charge in [0, 0.05) is 30.2 Å². The Balaban J connectivity index is 1.57. The van der Waals surface area contributed by atoms with Gasteiger partial charge in [0.15, 0.2) is 5.78 Å². The van der Waals surface area contributed by atoms with Gasteiger partial charge in [0.25, 0.3) is 5.91 Å². The number of fused-ring (bicyclic) bond motifs is 1. The van der Waals surface area contributed by atoms with Gasteiger partial charge in [-0.2, -0.15) is 4.31 Å². The van der Waals surface area contributed by atoms with Crippen LogP contribution in [0.2, 0.25) is 0 Å². The second-order valence-electron chi connectivity index (χ2n) is 7.78. The molecule has 0 saturated carbocycles. The van der Waals surface area contributed by atoms with E-state index in [4.69, 9.17) is 0 Å². The molecule has 10 heteroatoms. The first-order valence-electron chi connectivity index (χ1n) is 10.1. The highest BCUT2D eigenvalue weighted by Gasteiger charge is 2.44. The Morgan fingerprint density at radius 2 is 1.79 bits per heavy atom. The van der Waals surface area contributed by atoms with Gasteiger partial charge in [0.2, 0.25) is 10.0 Å². The lowest BCUT2D eigenvalue weighted by atomic mass is 10.0. The van der Waals surface area contributed by atoms with Gasteiger partial charge in [0.1, 0.15) is 12.6 Å². The summed E-state index contributed by atoms with van der Waals surface area (Å²) in [6, 6.07) is 15.9. The molecule has 4 rings (SSSR count). The molecule has 1 amide bonds. The molecule has 1 aliphatic rings. The van der Waals surface area contributed by atoms with Crippen LogP contribution >= 0.6 is 11.3 Å². The van der Waals surface area contributed by atoms with Crippen molar-refractivity contribution in [2.75, 3.05) is 30.9 Å². The second-order valence-corrected chi connectivity index (χ2v) is 10.8. The Morgan fingerprint density at radius 1 is 1.12 bits per heavy atom. The van der Waals surface area contributed by atoms with E-state index in [1.807, 2.05) is 31.1 Å². The lowest BCUT2D eigenvalue weighted by molar-refractivity contribution is -0.125. The molecule has 8 nitrogen and oxygen atoms in total. The molecule has 2 aromatic carbocycles. The SMILES string of the molecule is CN(C)c1ccc(C(=O)Nc2cc3c(s2)CN(C(C(=O)CO)c2ccccc2)S3(=O)=O)cc1. The van der Waals surface area contributed by atoms with Gasteiger partial charge in [-0.3, -0.25) is 9.59 Å². The largest absolute Gasteiger partial charge is 0.389 e.